The van der Waals surface area contributed by atoms with Gasteiger partial charge >= 0.3 is 0 Å². The van der Waals surface area contributed by atoms with Crippen molar-refractivity contribution in [1.29, 1.82) is 0 Å². The van der Waals surface area contributed by atoms with E-state index < -0.39 is 0 Å². The number of quaternary nitrogens is 2. The van der Waals surface area contributed by atoms with E-state index in [0.717, 1.165) is 26.2 Å². The van der Waals surface area contributed by atoms with Crippen molar-refractivity contribution >= 4 is 17.5 Å². The smallest absolute Gasteiger partial charge is 0.253 e. The first-order valence-corrected chi connectivity index (χ1v) is 9.67. The summed E-state index contributed by atoms with van der Waals surface area (Å²) in [4.78, 5) is 15.7. The van der Waals surface area contributed by atoms with Crippen LogP contribution in [0.2, 0.25) is 5.02 Å². The molecular weight excluding hydrogens is 346 g/mol. The molecule has 0 aromatic heterocycles. The van der Waals surface area contributed by atoms with Crippen molar-refractivity contribution in [1.82, 2.24) is 5.32 Å². The van der Waals surface area contributed by atoms with Crippen LogP contribution in [0.4, 0.5) is 0 Å². The number of carbonyl (C=O) groups is 1. The molecule has 4 nitrogen and oxygen atoms in total. The molecule has 1 aliphatic rings. The zero-order chi connectivity index (χ0) is 18.5. The van der Waals surface area contributed by atoms with E-state index in [9.17, 15) is 4.79 Å². The Bertz CT molecular complexity index is 739. The highest BCUT2D eigenvalue weighted by atomic mass is 35.5. The highest BCUT2D eigenvalue weighted by Crippen LogP contribution is 2.15. The summed E-state index contributed by atoms with van der Waals surface area (Å²) >= 11 is 6.16. The maximum atomic E-state index is 12.6. The summed E-state index contributed by atoms with van der Waals surface area (Å²) in [6.07, 6.45) is 0. The number of rotatable bonds is 5. The summed E-state index contributed by atoms with van der Waals surface area (Å²) in [7, 11) is 2.25. The zero-order valence-corrected chi connectivity index (χ0v) is 16.3. The predicted molar refractivity (Wildman–Crippen MR) is 105 cm³/mol. The van der Waals surface area contributed by atoms with Gasteiger partial charge in [0.2, 0.25) is 0 Å². The topological polar surface area (TPSA) is 38.0 Å². The van der Waals surface area contributed by atoms with Crippen LogP contribution in [0.3, 0.4) is 0 Å². The second-order valence-electron chi connectivity index (χ2n) is 7.27. The molecule has 2 aromatic rings. The first kappa shape index (κ1) is 18.9. The van der Waals surface area contributed by atoms with Crippen molar-refractivity contribution in [3.8, 4) is 0 Å². The van der Waals surface area contributed by atoms with Gasteiger partial charge in [-0.05, 0) is 19.1 Å². The van der Waals surface area contributed by atoms with E-state index in [1.807, 2.05) is 12.1 Å². The van der Waals surface area contributed by atoms with Gasteiger partial charge in [0.15, 0.2) is 0 Å². The standard InChI is InChI=1S/C21H26ClN3O/c1-16-7-9-17(10-8-16)20(25-13-11-24(2)12-14-25)15-23-21(26)18-5-3-4-6-19(18)22/h3-10,20H,11-15H2,1-2H3,(H,23,26)/p+2/t20-/m1/s1. The van der Waals surface area contributed by atoms with Gasteiger partial charge in [0.05, 0.1) is 24.2 Å². The van der Waals surface area contributed by atoms with E-state index >= 15 is 0 Å². The van der Waals surface area contributed by atoms with Crippen LogP contribution in [0.15, 0.2) is 48.5 Å². The minimum Gasteiger partial charge on any atom is -0.346 e. The number of amides is 1. The van der Waals surface area contributed by atoms with Crippen LogP contribution in [0, 0.1) is 6.92 Å². The third kappa shape index (κ3) is 4.64. The summed E-state index contributed by atoms with van der Waals surface area (Å²) in [6, 6.07) is 16.2. The first-order chi connectivity index (χ1) is 12.5. The second kappa shape index (κ2) is 8.67. The second-order valence-corrected chi connectivity index (χ2v) is 7.68. The number of carbonyl (C=O) groups excluding carboxylic acids is 1. The zero-order valence-electron chi connectivity index (χ0n) is 15.5. The minimum atomic E-state index is -0.105. The molecule has 1 fully saturated rings. The number of hydrogen-bond acceptors (Lipinski definition) is 1. The summed E-state index contributed by atoms with van der Waals surface area (Å²) in [6.45, 7) is 7.27. The Morgan fingerprint density at radius 1 is 1.08 bits per heavy atom. The van der Waals surface area contributed by atoms with Gasteiger partial charge in [0.1, 0.15) is 32.2 Å². The molecule has 1 amide bonds. The number of hydrogen-bond donors (Lipinski definition) is 3. The van der Waals surface area contributed by atoms with Crippen LogP contribution in [0.5, 0.6) is 0 Å². The van der Waals surface area contributed by atoms with E-state index in [1.54, 1.807) is 21.9 Å². The number of nitrogens with one attached hydrogen (secondary N) is 3. The Morgan fingerprint density at radius 2 is 1.73 bits per heavy atom. The van der Waals surface area contributed by atoms with Gasteiger partial charge in [0.25, 0.3) is 5.91 Å². The lowest BCUT2D eigenvalue weighted by atomic mass is 10.0. The fraction of sp³-hybridized carbons (Fsp3) is 0.381. The summed E-state index contributed by atoms with van der Waals surface area (Å²) in [5.41, 5.74) is 3.07. The average molecular weight is 374 g/mol. The molecule has 0 spiro atoms. The molecule has 1 saturated heterocycles. The van der Waals surface area contributed by atoms with Crippen LogP contribution < -0.4 is 15.1 Å². The lowest BCUT2D eigenvalue weighted by Crippen LogP contribution is -3.27. The third-order valence-corrected chi connectivity index (χ3v) is 5.63. The fourth-order valence-electron chi connectivity index (χ4n) is 3.58. The molecule has 5 heteroatoms. The number of likely N-dealkylation sites (N-methyl/N-ethyl adjacent to an activating group) is 1. The Balaban J connectivity index is 1.74. The molecule has 0 saturated carbocycles. The molecule has 1 heterocycles. The van der Waals surface area contributed by atoms with Gasteiger partial charge in [-0.25, -0.2) is 0 Å². The van der Waals surface area contributed by atoms with Crippen molar-refractivity contribution in [3.63, 3.8) is 0 Å². The Morgan fingerprint density at radius 3 is 2.38 bits per heavy atom. The molecule has 26 heavy (non-hydrogen) atoms. The molecule has 0 radical (unpaired) electrons. The summed E-state index contributed by atoms with van der Waals surface area (Å²) in [5.74, 6) is -0.105. The number of aryl methyl sites for hydroxylation is 1. The molecule has 3 rings (SSSR count). The maximum absolute atomic E-state index is 12.6. The van der Waals surface area contributed by atoms with Gasteiger partial charge in [0, 0.05) is 5.56 Å². The lowest BCUT2D eigenvalue weighted by molar-refractivity contribution is -1.02. The molecule has 0 unspecified atom stereocenters. The average Bonchev–Trinajstić information content (AvgIpc) is 2.65. The van der Waals surface area contributed by atoms with Gasteiger partial charge in [-0.3, -0.25) is 4.79 Å². The van der Waals surface area contributed by atoms with Gasteiger partial charge < -0.3 is 15.1 Å². The minimum absolute atomic E-state index is 0.105. The Kier molecular flexibility index (Phi) is 6.30. The molecular formula is C21H28ClN3O+2. The third-order valence-electron chi connectivity index (χ3n) is 5.30. The molecule has 1 atom stereocenters. The molecule has 138 valence electrons. The van der Waals surface area contributed by atoms with Crippen LogP contribution in [-0.4, -0.2) is 45.7 Å². The number of piperazine rings is 1. The molecule has 3 N–H and O–H groups in total. The van der Waals surface area contributed by atoms with Crippen molar-refractivity contribution in [2.45, 2.75) is 13.0 Å². The van der Waals surface area contributed by atoms with Crippen LogP contribution in [0.1, 0.15) is 27.5 Å². The molecule has 1 aliphatic heterocycles. The van der Waals surface area contributed by atoms with E-state index in [0.29, 0.717) is 17.1 Å². The van der Waals surface area contributed by atoms with E-state index in [-0.39, 0.29) is 11.9 Å². The lowest BCUT2D eigenvalue weighted by Gasteiger charge is -2.33. The normalized spacial score (nSPS) is 21.2. The highest BCUT2D eigenvalue weighted by Gasteiger charge is 2.29. The predicted octanol–water partition coefficient (Wildman–Crippen LogP) is 0.533. The molecule has 0 bridgehead atoms. The Hall–Kier alpha value is -1.88. The van der Waals surface area contributed by atoms with Gasteiger partial charge in [-0.15, -0.1) is 0 Å². The van der Waals surface area contributed by atoms with Crippen LogP contribution >= 0.6 is 11.6 Å². The maximum Gasteiger partial charge on any atom is 0.253 e. The van der Waals surface area contributed by atoms with Gasteiger partial charge in [-0.2, -0.15) is 0 Å². The first-order valence-electron chi connectivity index (χ1n) is 9.30. The SMILES string of the molecule is Cc1ccc([C@@H](CNC(=O)c2ccccc2Cl)[NH+]2CC[NH+](C)CC2)cc1. The number of benzene rings is 2. The van der Waals surface area contributed by atoms with Crippen molar-refractivity contribution in [3.05, 3.63) is 70.2 Å². The van der Waals surface area contributed by atoms with E-state index in [1.165, 1.54) is 11.1 Å². The van der Waals surface area contributed by atoms with Crippen molar-refractivity contribution < 1.29 is 14.6 Å². The molecule has 2 aromatic carbocycles. The quantitative estimate of drug-likeness (QED) is 0.703. The summed E-state index contributed by atoms with van der Waals surface area (Å²) < 4.78 is 0. The number of halogens is 1. The van der Waals surface area contributed by atoms with Gasteiger partial charge in [-0.1, -0.05) is 53.6 Å². The monoisotopic (exact) mass is 373 g/mol. The van der Waals surface area contributed by atoms with E-state index in [2.05, 4.69) is 43.6 Å². The Labute approximate surface area is 160 Å². The molecule has 0 aliphatic carbocycles. The highest BCUT2D eigenvalue weighted by molar-refractivity contribution is 6.33. The summed E-state index contributed by atoms with van der Waals surface area (Å²) in [5, 5.41) is 3.60. The van der Waals surface area contributed by atoms with Crippen LogP contribution in [-0.2, 0) is 0 Å². The van der Waals surface area contributed by atoms with Crippen molar-refractivity contribution in [2.24, 2.45) is 0 Å². The van der Waals surface area contributed by atoms with Crippen LogP contribution in [0.25, 0.3) is 0 Å². The fourth-order valence-corrected chi connectivity index (χ4v) is 3.80. The van der Waals surface area contributed by atoms with E-state index in [4.69, 9.17) is 11.6 Å². The largest absolute Gasteiger partial charge is 0.346 e. The van der Waals surface area contributed by atoms with Crippen molar-refractivity contribution in [2.75, 3.05) is 39.8 Å².